The van der Waals surface area contributed by atoms with Crippen molar-refractivity contribution in [3.05, 3.63) is 48.5 Å². The van der Waals surface area contributed by atoms with Gasteiger partial charge < -0.3 is 9.25 Å². The Morgan fingerprint density at radius 1 is 0.773 bits per heavy atom. The van der Waals surface area contributed by atoms with Crippen molar-refractivity contribution in [1.29, 1.82) is 0 Å². The molecule has 2 aromatic carbocycles. The number of benzene rings is 2. The lowest BCUT2D eigenvalue weighted by atomic mass is 10.3. The Bertz CT molecular complexity index is 860. The second-order valence-electron chi connectivity index (χ2n) is 4.51. The quantitative estimate of drug-likeness (QED) is 0.533. The summed E-state index contributed by atoms with van der Waals surface area (Å²) in [6.45, 7) is 1.81. The summed E-state index contributed by atoms with van der Waals surface area (Å²) in [7, 11) is -1.31. The molecule has 22 heavy (non-hydrogen) atoms. The van der Waals surface area contributed by atoms with Gasteiger partial charge in [-0.25, -0.2) is 0 Å². The molecule has 0 aliphatic heterocycles. The van der Waals surface area contributed by atoms with Crippen molar-refractivity contribution >= 4 is 30.4 Å². The number of aromatic nitrogens is 6. The lowest BCUT2D eigenvalue weighted by molar-refractivity contribution is 0.182. The molecular formula is C13H11N6O2P. The molecule has 9 heteroatoms. The summed E-state index contributed by atoms with van der Waals surface area (Å²) in [4.78, 5) is 2.72. The molecule has 0 aliphatic carbocycles. The van der Waals surface area contributed by atoms with Gasteiger partial charge in [0.15, 0.2) is 0 Å². The van der Waals surface area contributed by atoms with E-state index in [1.165, 1.54) is 9.69 Å². The third kappa shape index (κ3) is 2.23. The maximum Gasteiger partial charge on any atom is 0.339 e. The fourth-order valence-electron chi connectivity index (χ4n) is 2.05. The molecule has 110 valence electrons. The average Bonchev–Trinajstić information content (AvgIpc) is 3.13. The minimum atomic E-state index is -1.31. The number of hydrogen-bond acceptors (Lipinski definition) is 6. The molecule has 0 N–H and O–H groups in total. The Labute approximate surface area is 126 Å². The normalized spacial score (nSPS) is 11.4. The van der Waals surface area contributed by atoms with E-state index in [1.54, 1.807) is 0 Å². The first-order valence-corrected chi connectivity index (χ1v) is 8.15. The van der Waals surface area contributed by atoms with Crippen LogP contribution in [-0.2, 0) is 0 Å². The molecule has 0 fully saturated rings. The van der Waals surface area contributed by atoms with Crippen molar-refractivity contribution in [2.24, 2.45) is 0 Å². The smallest absolute Gasteiger partial charge is 0.330 e. The predicted octanol–water partition coefficient (Wildman–Crippen LogP) is 1.68. The first-order chi connectivity index (χ1) is 10.8. The van der Waals surface area contributed by atoms with Crippen molar-refractivity contribution in [3.8, 4) is 0 Å². The number of nitrogens with zero attached hydrogens (tertiary/aromatic N) is 6. The van der Waals surface area contributed by atoms with Crippen LogP contribution in [0.5, 0.6) is 0 Å². The Balaban J connectivity index is 1.56. The summed E-state index contributed by atoms with van der Waals surface area (Å²) in [6, 6.07) is 15.1. The van der Waals surface area contributed by atoms with E-state index in [1.807, 2.05) is 55.2 Å². The third-order valence-corrected chi connectivity index (χ3v) is 3.80. The number of hydrogen-bond donors (Lipinski definition) is 0. The topological polar surface area (TPSA) is 79.9 Å². The Morgan fingerprint density at radius 3 is 1.73 bits per heavy atom. The highest BCUT2D eigenvalue weighted by Gasteiger charge is 2.14. The van der Waals surface area contributed by atoms with E-state index in [0.29, 0.717) is 0 Å². The lowest BCUT2D eigenvalue weighted by Crippen LogP contribution is -2.16. The first kappa shape index (κ1) is 13.0. The van der Waals surface area contributed by atoms with E-state index in [2.05, 4.69) is 20.6 Å². The summed E-state index contributed by atoms with van der Waals surface area (Å²) in [5.74, 6) is 0. The van der Waals surface area contributed by atoms with Gasteiger partial charge in [-0.05, 0) is 34.7 Å². The van der Waals surface area contributed by atoms with Crippen molar-refractivity contribution in [2.45, 2.75) is 0 Å². The summed E-state index contributed by atoms with van der Waals surface area (Å²) in [6.07, 6.45) is 0. The van der Waals surface area contributed by atoms with E-state index >= 15 is 0 Å². The van der Waals surface area contributed by atoms with Crippen molar-refractivity contribution < 1.29 is 9.25 Å². The molecule has 4 aromatic rings. The van der Waals surface area contributed by atoms with Gasteiger partial charge in [-0.2, -0.15) is 0 Å². The molecule has 8 nitrogen and oxygen atoms in total. The van der Waals surface area contributed by atoms with Crippen LogP contribution >= 0.6 is 8.38 Å². The summed E-state index contributed by atoms with van der Waals surface area (Å²) in [5.41, 5.74) is 3.09. The Morgan fingerprint density at radius 2 is 1.23 bits per heavy atom. The van der Waals surface area contributed by atoms with E-state index in [-0.39, 0.29) is 0 Å². The van der Waals surface area contributed by atoms with Crippen LogP contribution in [0.2, 0.25) is 0 Å². The van der Waals surface area contributed by atoms with E-state index < -0.39 is 8.38 Å². The van der Waals surface area contributed by atoms with Gasteiger partial charge in [0.1, 0.15) is 22.1 Å². The monoisotopic (exact) mass is 314 g/mol. The number of para-hydroxylation sites is 2. The van der Waals surface area contributed by atoms with Gasteiger partial charge in [-0.3, -0.25) is 0 Å². The van der Waals surface area contributed by atoms with Gasteiger partial charge in [-0.1, -0.05) is 34.0 Å². The Kier molecular flexibility index (Phi) is 3.08. The molecule has 2 heterocycles. The second-order valence-corrected chi connectivity index (χ2v) is 5.71. The highest BCUT2D eigenvalue weighted by molar-refractivity contribution is 7.46. The van der Waals surface area contributed by atoms with E-state index in [0.717, 1.165) is 22.1 Å². The van der Waals surface area contributed by atoms with Crippen LogP contribution < -0.4 is 9.25 Å². The second kappa shape index (κ2) is 5.23. The van der Waals surface area contributed by atoms with Gasteiger partial charge in [0.05, 0.1) is 0 Å². The van der Waals surface area contributed by atoms with Crippen molar-refractivity contribution in [1.82, 2.24) is 30.3 Å². The molecule has 2 aromatic heterocycles. The molecule has 0 saturated carbocycles. The van der Waals surface area contributed by atoms with Gasteiger partial charge in [0.2, 0.25) is 0 Å². The fourth-order valence-corrected chi connectivity index (χ4v) is 2.75. The zero-order valence-electron chi connectivity index (χ0n) is 11.6. The average molecular weight is 314 g/mol. The van der Waals surface area contributed by atoms with Crippen LogP contribution in [0.3, 0.4) is 0 Å². The van der Waals surface area contributed by atoms with E-state index in [4.69, 9.17) is 9.25 Å². The minimum Gasteiger partial charge on any atom is -0.330 e. The van der Waals surface area contributed by atoms with Crippen LogP contribution in [0.1, 0.15) is 0 Å². The molecule has 0 bridgehead atoms. The largest absolute Gasteiger partial charge is 0.339 e. The maximum atomic E-state index is 5.69. The Hall–Kier alpha value is -2.73. The molecule has 0 unspecified atom stereocenters. The maximum absolute atomic E-state index is 5.69. The van der Waals surface area contributed by atoms with Crippen LogP contribution in [-0.4, -0.2) is 37.0 Å². The van der Waals surface area contributed by atoms with Crippen molar-refractivity contribution in [3.63, 3.8) is 0 Å². The van der Waals surface area contributed by atoms with Gasteiger partial charge in [-0.15, -0.1) is 10.2 Å². The molecule has 4 rings (SSSR count). The first-order valence-electron chi connectivity index (χ1n) is 6.53. The van der Waals surface area contributed by atoms with Gasteiger partial charge in [0.25, 0.3) is 0 Å². The molecule has 0 spiro atoms. The zero-order chi connectivity index (χ0) is 14.9. The van der Waals surface area contributed by atoms with Gasteiger partial charge >= 0.3 is 8.38 Å². The number of rotatable bonds is 4. The summed E-state index contributed by atoms with van der Waals surface area (Å²) >= 11 is 0. The van der Waals surface area contributed by atoms with Crippen LogP contribution in [0.4, 0.5) is 0 Å². The highest BCUT2D eigenvalue weighted by Crippen LogP contribution is 2.27. The molecule has 0 atom stereocenters. The minimum absolute atomic E-state index is 0.761. The predicted molar refractivity (Wildman–Crippen MR) is 81.1 cm³/mol. The molecular weight excluding hydrogens is 303 g/mol. The summed E-state index contributed by atoms with van der Waals surface area (Å²) < 4.78 is 11.4. The summed E-state index contributed by atoms with van der Waals surface area (Å²) in [5, 5.41) is 16.0. The molecule has 0 aliphatic rings. The number of fused-ring (bicyclic) bond motifs is 2. The van der Waals surface area contributed by atoms with Crippen LogP contribution in [0.15, 0.2) is 48.5 Å². The standard InChI is InChI=1S/C13H11N6O2P/c1-22(20-18-12-8-4-2-6-10(12)14-16-18)21-19-13-9-5-3-7-11(13)15-17-19/h2-9H,1H3. The molecule has 0 radical (unpaired) electrons. The lowest BCUT2D eigenvalue weighted by Gasteiger charge is -2.12. The molecule has 0 amide bonds. The van der Waals surface area contributed by atoms with Crippen LogP contribution in [0, 0.1) is 0 Å². The SMILES string of the molecule is CP(On1nnc2ccccc21)On1nnc2ccccc21. The fraction of sp³-hybridized carbons (Fsp3) is 0.0769. The van der Waals surface area contributed by atoms with Crippen molar-refractivity contribution in [2.75, 3.05) is 6.66 Å². The zero-order valence-corrected chi connectivity index (χ0v) is 12.5. The van der Waals surface area contributed by atoms with Gasteiger partial charge in [0, 0.05) is 6.66 Å². The molecule has 0 saturated heterocycles. The van der Waals surface area contributed by atoms with E-state index in [9.17, 15) is 0 Å². The van der Waals surface area contributed by atoms with Crippen LogP contribution in [0.25, 0.3) is 22.1 Å². The highest BCUT2D eigenvalue weighted by atomic mass is 31.2. The third-order valence-electron chi connectivity index (χ3n) is 3.03.